The van der Waals surface area contributed by atoms with E-state index in [1.54, 1.807) is 30.8 Å². The van der Waals surface area contributed by atoms with E-state index in [2.05, 4.69) is 20.3 Å². The largest absolute Gasteiger partial charge is 0.451 e. The summed E-state index contributed by atoms with van der Waals surface area (Å²) >= 11 is 0. The number of benzene rings is 1. The van der Waals surface area contributed by atoms with Crippen molar-refractivity contribution in [2.45, 2.75) is 20.0 Å². The van der Waals surface area contributed by atoms with E-state index in [1.807, 2.05) is 30.3 Å². The Bertz CT molecular complexity index is 816. The maximum Gasteiger partial charge on any atom is 0.357 e. The lowest BCUT2D eigenvalue weighted by atomic mass is 10.3. The first kappa shape index (κ1) is 14.8. The first-order chi connectivity index (χ1) is 11.1. The van der Waals surface area contributed by atoms with Gasteiger partial charge in [0.05, 0.1) is 11.9 Å². The lowest BCUT2D eigenvalue weighted by molar-refractivity contribution is 0.0321. The van der Waals surface area contributed by atoms with Crippen LogP contribution in [0.3, 0.4) is 0 Å². The van der Waals surface area contributed by atoms with Gasteiger partial charge in [-0.1, -0.05) is 23.4 Å². The van der Waals surface area contributed by atoms with E-state index in [4.69, 9.17) is 4.74 Å². The molecule has 2 heterocycles. The van der Waals surface area contributed by atoms with Gasteiger partial charge in [0.15, 0.2) is 5.69 Å². The molecule has 7 nitrogen and oxygen atoms in total. The first-order valence-corrected chi connectivity index (χ1v) is 7.11. The zero-order valence-corrected chi connectivity index (χ0v) is 12.7. The van der Waals surface area contributed by atoms with Gasteiger partial charge in [-0.2, -0.15) is 0 Å². The molecule has 7 heteroatoms. The summed E-state index contributed by atoms with van der Waals surface area (Å²) in [6, 6.07) is 11.2. The minimum absolute atomic E-state index is 0.222. The van der Waals surface area contributed by atoms with Crippen LogP contribution in [0.5, 0.6) is 0 Å². The molecule has 0 aliphatic carbocycles. The summed E-state index contributed by atoms with van der Waals surface area (Å²) in [6.07, 6.45) is 2.54. The van der Waals surface area contributed by atoms with Gasteiger partial charge in [0.1, 0.15) is 18.1 Å². The van der Waals surface area contributed by atoms with Gasteiger partial charge in [-0.25, -0.2) is 19.4 Å². The Hall–Kier alpha value is -3.09. The molecule has 0 saturated heterocycles. The maximum atomic E-state index is 12.1. The average molecular weight is 309 g/mol. The Labute approximate surface area is 133 Å². The van der Waals surface area contributed by atoms with Crippen molar-refractivity contribution >= 4 is 5.97 Å². The Kier molecular flexibility index (Phi) is 4.09. The molecule has 23 heavy (non-hydrogen) atoms. The van der Waals surface area contributed by atoms with E-state index in [0.29, 0.717) is 11.4 Å². The summed E-state index contributed by atoms with van der Waals surface area (Å²) in [5.74, 6) is -0.516. The number of esters is 1. The normalized spacial score (nSPS) is 11.9. The number of aromatic nitrogens is 5. The van der Waals surface area contributed by atoms with Crippen molar-refractivity contribution in [3.63, 3.8) is 0 Å². The fourth-order valence-electron chi connectivity index (χ4n) is 2.02. The van der Waals surface area contributed by atoms with E-state index >= 15 is 0 Å². The summed E-state index contributed by atoms with van der Waals surface area (Å²) < 4.78 is 7.02. The van der Waals surface area contributed by atoms with Crippen molar-refractivity contribution in [3.05, 3.63) is 66.0 Å². The molecule has 0 unspecified atom stereocenters. The van der Waals surface area contributed by atoms with Gasteiger partial charge in [0.25, 0.3) is 0 Å². The highest BCUT2D eigenvalue weighted by Gasteiger charge is 2.18. The molecule has 3 aromatic rings. The van der Waals surface area contributed by atoms with E-state index in [-0.39, 0.29) is 5.69 Å². The van der Waals surface area contributed by atoms with Crippen LogP contribution in [0.2, 0.25) is 0 Å². The van der Waals surface area contributed by atoms with E-state index < -0.39 is 12.1 Å². The second-order valence-electron chi connectivity index (χ2n) is 5.02. The molecule has 0 aliphatic heterocycles. The number of ether oxygens (including phenoxy) is 1. The Morgan fingerprint density at radius 3 is 2.74 bits per heavy atom. The van der Waals surface area contributed by atoms with Crippen LogP contribution >= 0.6 is 0 Å². The molecular weight excluding hydrogens is 294 g/mol. The molecule has 116 valence electrons. The van der Waals surface area contributed by atoms with Crippen molar-refractivity contribution in [2.75, 3.05) is 0 Å². The SMILES string of the molecule is Cc1cc(C(=O)O[C@@H](C)c2cn(-c3ccccc3)nn2)ncn1. The van der Waals surface area contributed by atoms with Gasteiger partial charge < -0.3 is 4.74 Å². The monoisotopic (exact) mass is 309 g/mol. The fourth-order valence-corrected chi connectivity index (χ4v) is 2.02. The third-order valence-electron chi connectivity index (χ3n) is 3.25. The molecule has 0 radical (unpaired) electrons. The molecule has 0 aliphatic rings. The van der Waals surface area contributed by atoms with Crippen LogP contribution in [0.25, 0.3) is 5.69 Å². The van der Waals surface area contributed by atoms with Gasteiger partial charge in [-0.05, 0) is 32.0 Å². The van der Waals surface area contributed by atoms with Crippen LogP contribution < -0.4 is 0 Å². The van der Waals surface area contributed by atoms with Gasteiger partial charge in [0.2, 0.25) is 0 Å². The fraction of sp³-hybridized carbons (Fsp3) is 0.188. The van der Waals surface area contributed by atoms with Crippen LogP contribution in [0.1, 0.15) is 34.9 Å². The Morgan fingerprint density at radius 1 is 1.22 bits per heavy atom. The van der Waals surface area contributed by atoms with E-state index in [9.17, 15) is 4.79 Å². The standard InChI is InChI=1S/C16H15N5O2/c1-11-8-14(18-10-17-11)16(22)23-12(2)15-9-21(20-19-15)13-6-4-3-5-7-13/h3-10,12H,1-2H3/t12-/m0/s1. The van der Waals surface area contributed by atoms with E-state index in [1.165, 1.54) is 6.33 Å². The van der Waals surface area contributed by atoms with Crippen LogP contribution in [0.4, 0.5) is 0 Å². The molecular formula is C16H15N5O2. The molecule has 2 aromatic heterocycles. The first-order valence-electron chi connectivity index (χ1n) is 7.11. The number of hydrogen-bond acceptors (Lipinski definition) is 6. The van der Waals surface area contributed by atoms with Crippen LogP contribution in [-0.2, 0) is 4.74 Å². The van der Waals surface area contributed by atoms with Crippen LogP contribution in [-0.4, -0.2) is 30.9 Å². The third kappa shape index (κ3) is 3.39. The molecule has 1 atom stereocenters. The molecule has 1 aromatic carbocycles. The second-order valence-corrected chi connectivity index (χ2v) is 5.02. The highest BCUT2D eigenvalue weighted by Crippen LogP contribution is 2.17. The van der Waals surface area contributed by atoms with Gasteiger partial charge in [0, 0.05) is 5.69 Å². The van der Waals surface area contributed by atoms with Crippen molar-refractivity contribution in [3.8, 4) is 5.69 Å². The summed E-state index contributed by atoms with van der Waals surface area (Å²) in [5.41, 5.74) is 2.37. The summed E-state index contributed by atoms with van der Waals surface area (Å²) in [4.78, 5) is 20.0. The number of carbonyl (C=O) groups is 1. The quantitative estimate of drug-likeness (QED) is 0.688. The number of carbonyl (C=O) groups excluding carboxylic acids is 1. The third-order valence-corrected chi connectivity index (χ3v) is 3.25. The van der Waals surface area contributed by atoms with Crippen molar-refractivity contribution < 1.29 is 9.53 Å². The topological polar surface area (TPSA) is 82.8 Å². The minimum atomic E-state index is -0.532. The average Bonchev–Trinajstić information content (AvgIpc) is 3.06. The molecule has 3 rings (SSSR count). The van der Waals surface area contributed by atoms with Crippen molar-refractivity contribution in [2.24, 2.45) is 0 Å². The number of hydrogen-bond donors (Lipinski definition) is 0. The van der Waals surface area contributed by atoms with Crippen LogP contribution in [0.15, 0.2) is 48.9 Å². The van der Waals surface area contributed by atoms with Gasteiger partial charge in [-0.15, -0.1) is 5.10 Å². The highest BCUT2D eigenvalue weighted by atomic mass is 16.5. The number of nitrogens with zero attached hydrogens (tertiary/aromatic N) is 5. The van der Waals surface area contributed by atoms with Crippen molar-refractivity contribution in [1.82, 2.24) is 25.0 Å². The summed E-state index contributed by atoms with van der Waals surface area (Å²) in [5, 5.41) is 8.11. The van der Waals surface area contributed by atoms with Gasteiger partial charge >= 0.3 is 5.97 Å². The van der Waals surface area contributed by atoms with E-state index in [0.717, 1.165) is 5.69 Å². The zero-order chi connectivity index (χ0) is 16.2. The summed E-state index contributed by atoms with van der Waals surface area (Å²) in [7, 11) is 0. The Balaban J connectivity index is 1.73. The maximum absolute atomic E-state index is 12.1. The molecule has 0 amide bonds. The molecule has 0 bridgehead atoms. The highest BCUT2D eigenvalue weighted by molar-refractivity contribution is 5.87. The summed E-state index contributed by atoms with van der Waals surface area (Å²) in [6.45, 7) is 3.53. The smallest absolute Gasteiger partial charge is 0.357 e. The molecule has 0 N–H and O–H groups in total. The van der Waals surface area contributed by atoms with Crippen LogP contribution in [0, 0.1) is 6.92 Å². The minimum Gasteiger partial charge on any atom is -0.451 e. The lowest BCUT2D eigenvalue weighted by Crippen LogP contribution is -2.11. The lowest BCUT2D eigenvalue weighted by Gasteiger charge is -2.09. The second kappa shape index (κ2) is 6.35. The predicted octanol–water partition coefficient (Wildman–Crippen LogP) is 2.28. The molecule has 0 saturated carbocycles. The van der Waals surface area contributed by atoms with Crippen molar-refractivity contribution in [1.29, 1.82) is 0 Å². The zero-order valence-electron chi connectivity index (χ0n) is 12.7. The molecule has 0 fully saturated rings. The number of rotatable bonds is 4. The number of aryl methyl sites for hydroxylation is 1. The number of para-hydroxylation sites is 1. The predicted molar refractivity (Wildman–Crippen MR) is 82.0 cm³/mol. The van der Waals surface area contributed by atoms with Gasteiger partial charge in [-0.3, -0.25) is 0 Å². The molecule has 0 spiro atoms. The Morgan fingerprint density at radius 2 is 2.00 bits per heavy atom.